The highest BCUT2D eigenvalue weighted by molar-refractivity contribution is 7.15. The van der Waals surface area contributed by atoms with Crippen molar-refractivity contribution in [2.45, 2.75) is 20.5 Å². The molecule has 0 unspecified atom stereocenters. The van der Waals surface area contributed by atoms with Crippen molar-refractivity contribution in [1.29, 1.82) is 0 Å². The second-order valence-electron chi connectivity index (χ2n) is 7.21. The molecule has 0 spiro atoms. The van der Waals surface area contributed by atoms with Crippen molar-refractivity contribution < 1.29 is 13.9 Å². The van der Waals surface area contributed by atoms with Crippen molar-refractivity contribution >= 4 is 22.7 Å². The number of aryl methyl sites for hydroxylation is 1. The van der Waals surface area contributed by atoms with Gasteiger partial charge in [0.1, 0.15) is 12.4 Å². The molecule has 0 aliphatic rings. The summed E-state index contributed by atoms with van der Waals surface area (Å²) in [6.45, 7) is 4.80. The predicted octanol–water partition coefficient (Wildman–Crippen LogP) is 6.68. The first kappa shape index (κ1) is 22.5. The molecule has 1 aromatic heterocycles. The maximum atomic E-state index is 13.1. The van der Waals surface area contributed by atoms with E-state index >= 15 is 0 Å². The number of nitrogens with one attached hydrogen (secondary N) is 1. The van der Waals surface area contributed by atoms with Crippen LogP contribution in [0.3, 0.4) is 0 Å². The fourth-order valence-electron chi connectivity index (χ4n) is 3.20. The Morgan fingerprint density at radius 1 is 1.00 bits per heavy atom. The highest BCUT2D eigenvalue weighted by Crippen LogP contribution is 2.31. The van der Waals surface area contributed by atoms with Crippen molar-refractivity contribution in [2.24, 2.45) is 5.10 Å². The Morgan fingerprint density at radius 3 is 2.55 bits per heavy atom. The van der Waals surface area contributed by atoms with Gasteiger partial charge in [-0.1, -0.05) is 42.5 Å². The fourth-order valence-corrected chi connectivity index (χ4v) is 3.99. The Hall–Kier alpha value is -3.71. The molecular weight excluding hydrogens is 437 g/mol. The van der Waals surface area contributed by atoms with E-state index < -0.39 is 0 Å². The summed E-state index contributed by atoms with van der Waals surface area (Å²) < 4.78 is 24.7. The molecule has 5 nitrogen and oxygen atoms in total. The first-order valence-electron chi connectivity index (χ1n) is 10.6. The van der Waals surface area contributed by atoms with Crippen LogP contribution in [-0.2, 0) is 6.61 Å². The van der Waals surface area contributed by atoms with Gasteiger partial charge >= 0.3 is 0 Å². The lowest BCUT2D eigenvalue weighted by molar-refractivity contribution is 0.269. The summed E-state index contributed by atoms with van der Waals surface area (Å²) in [5.74, 6) is 0.976. The molecule has 33 heavy (non-hydrogen) atoms. The van der Waals surface area contributed by atoms with Crippen LogP contribution in [0.25, 0.3) is 11.3 Å². The number of thiazole rings is 1. The number of hydrogen-bond acceptors (Lipinski definition) is 6. The molecule has 0 amide bonds. The summed E-state index contributed by atoms with van der Waals surface area (Å²) in [6.07, 6.45) is 1.71. The van der Waals surface area contributed by atoms with Gasteiger partial charge in [0.2, 0.25) is 5.13 Å². The molecule has 0 radical (unpaired) electrons. The van der Waals surface area contributed by atoms with Gasteiger partial charge in [-0.2, -0.15) is 5.10 Å². The second kappa shape index (κ2) is 10.7. The molecule has 4 aromatic rings. The Morgan fingerprint density at radius 2 is 1.79 bits per heavy atom. The van der Waals surface area contributed by atoms with Gasteiger partial charge in [-0.05, 0) is 55.3 Å². The summed E-state index contributed by atoms with van der Waals surface area (Å²) >= 11 is 1.56. The van der Waals surface area contributed by atoms with Crippen LogP contribution in [0.4, 0.5) is 9.52 Å². The number of halogens is 1. The Labute approximate surface area is 196 Å². The number of hydrazone groups is 1. The topological polar surface area (TPSA) is 55.7 Å². The number of aromatic nitrogens is 1. The lowest BCUT2D eigenvalue weighted by Gasteiger charge is -2.12. The number of nitrogens with zero attached hydrogens (tertiary/aromatic N) is 2. The first-order valence-corrected chi connectivity index (χ1v) is 11.4. The largest absolute Gasteiger partial charge is 0.490 e. The normalized spacial score (nSPS) is 11.0. The van der Waals surface area contributed by atoms with Crippen LogP contribution in [0.1, 0.15) is 22.9 Å². The van der Waals surface area contributed by atoms with Crippen molar-refractivity contribution in [3.05, 3.63) is 94.6 Å². The van der Waals surface area contributed by atoms with Gasteiger partial charge in [0.15, 0.2) is 11.5 Å². The van der Waals surface area contributed by atoms with E-state index in [0.717, 1.165) is 32.4 Å². The maximum absolute atomic E-state index is 13.1. The van der Waals surface area contributed by atoms with Crippen LogP contribution in [0, 0.1) is 12.7 Å². The van der Waals surface area contributed by atoms with Gasteiger partial charge in [0, 0.05) is 10.4 Å². The van der Waals surface area contributed by atoms with Crippen molar-refractivity contribution in [3.8, 4) is 22.8 Å². The molecule has 0 aliphatic heterocycles. The molecule has 0 saturated carbocycles. The molecule has 0 aliphatic carbocycles. The third-order valence-corrected chi connectivity index (χ3v) is 5.67. The third-order valence-electron chi connectivity index (χ3n) is 4.79. The number of anilines is 1. The summed E-state index contributed by atoms with van der Waals surface area (Å²) in [7, 11) is 0. The average molecular weight is 462 g/mol. The summed E-state index contributed by atoms with van der Waals surface area (Å²) in [5, 5.41) is 5.06. The monoisotopic (exact) mass is 461 g/mol. The van der Waals surface area contributed by atoms with Crippen LogP contribution >= 0.6 is 11.3 Å². The lowest BCUT2D eigenvalue weighted by Crippen LogP contribution is -2.00. The van der Waals surface area contributed by atoms with Gasteiger partial charge in [-0.25, -0.2) is 9.37 Å². The summed E-state index contributed by atoms with van der Waals surface area (Å²) in [4.78, 5) is 5.78. The number of benzene rings is 3. The van der Waals surface area contributed by atoms with E-state index in [0.29, 0.717) is 24.7 Å². The van der Waals surface area contributed by atoms with Crippen LogP contribution in [0.5, 0.6) is 11.5 Å². The maximum Gasteiger partial charge on any atom is 0.204 e. The molecule has 7 heteroatoms. The molecule has 168 valence electrons. The molecule has 0 fully saturated rings. The minimum absolute atomic E-state index is 0.268. The third kappa shape index (κ3) is 5.96. The van der Waals surface area contributed by atoms with Crippen molar-refractivity contribution in [1.82, 2.24) is 4.98 Å². The standard InChI is InChI=1S/C26H24FN3O2S/c1-3-31-24-15-20(11-14-23(24)32-17-19-9-12-22(27)13-10-19)16-28-30-26-29-25(18(2)33-26)21-7-5-4-6-8-21/h4-16H,3,17H2,1-2H3,(H,29,30)/b28-16-. The van der Waals surface area contributed by atoms with Crippen LogP contribution in [0.15, 0.2) is 77.9 Å². The zero-order chi connectivity index (χ0) is 23.0. The first-order chi connectivity index (χ1) is 16.1. The molecule has 0 atom stereocenters. The zero-order valence-electron chi connectivity index (χ0n) is 18.4. The Bertz CT molecular complexity index is 1220. The van der Waals surface area contributed by atoms with Crippen molar-refractivity contribution in [2.75, 3.05) is 12.0 Å². The second-order valence-corrected chi connectivity index (χ2v) is 8.42. The van der Waals surface area contributed by atoms with E-state index in [1.54, 1.807) is 29.7 Å². The van der Waals surface area contributed by atoms with Gasteiger partial charge < -0.3 is 9.47 Å². The van der Waals surface area contributed by atoms with Crippen LogP contribution in [0.2, 0.25) is 0 Å². The fraction of sp³-hybridized carbons (Fsp3) is 0.154. The molecule has 0 saturated heterocycles. The van der Waals surface area contributed by atoms with Crippen LogP contribution < -0.4 is 14.9 Å². The average Bonchev–Trinajstić information content (AvgIpc) is 3.20. The highest BCUT2D eigenvalue weighted by atomic mass is 32.1. The Kier molecular flexibility index (Phi) is 7.32. The molecule has 3 aromatic carbocycles. The van der Waals surface area contributed by atoms with Gasteiger partial charge in [0.25, 0.3) is 0 Å². The Balaban J connectivity index is 1.42. The van der Waals surface area contributed by atoms with Crippen molar-refractivity contribution in [3.63, 3.8) is 0 Å². The molecule has 0 bridgehead atoms. The number of hydrogen-bond donors (Lipinski definition) is 1. The predicted molar refractivity (Wildman–Crippen MR) is 132 cm³/mol. The molecule has 1 N–H and O–H groups in total. The minimum atomic E-state index is -0.268. The molecule has 1 heterocycles. The van der Waals surface area contributed by atoms with E-state index in [2.05, 4.69) is 15.5 Å². The molecular formula is C26H24FN3O2S. The van der Waals surface area contributed by atoms with E-state index in [1.165, 1.54) is 12.1 Å². The van der Waals surface area contributed by atoms with E-state index in [9.17, 15) is 4.39 Å². The lowest BCUT2D eigenvalue weighted by atomic mass is 10.1. The van der Waals surface area contributed by atoms with E-state index in [4.69, 9.17) is 9.47 Å². The number of ether oxygens (including phenoxy) is 2. The van der Waals surface area contributed by atoms with E-state index in [1.807, 2.05) is 62.4 Å². The van der Waals surface area contributed by atoms with E-state index in [-0.39, 0.29) is 5.82 Å². The summed E-state index contributed by atoms with van der Waals surface area (Å²) in [6, 6.07) is 21.9. The zero-order valence-corrected chi connectivity index (χ0v) is 19.2. The van der Waals surface area contributed by atoms with Gasteiger partial charge in [-0.3, -0.25) is 5.43 Å². The molecule has 4 rings (SSSR count). The number of rotatable bonds is 9. The quantitative estimate of drug-likeness (QED) is 0.223. The SMILES string of the molecule is CCOc1cc(/C=N\Nc2nc(-c3ccccc3)c(C)s2)ccc1OCc1ccc(F)cc1. The van der Waals surface area contributed by atoms with Gasteiger partial charge in [-0.15, -0.1) is 11.3 Å². The smallest absolute Gasteiger partial charge is 0.204 e. The van der Waals surface area contributed by atoms with Crippen LogP contribution in [-0.4, -0.2) is 17.8 Å². The summed E-state index contributed by atoms with van der Waals surface area (Å²) in [5.41, 5.74) is 6.79. The highest BCUT2D eigenvalue weighted by Gasteiger charge is 2.09. The van der Waals surface area contributed by atoms with Gasteiger partial charge in [0.05, 0.1) is 18.5 Å². The minimum Gasteiger partial charge on any atom is -0.490 e.